The molecule has 4 fully saturated rings. The molecule has 4 saturated carbocycles. The number of carbonyl (C=O) groups excluding carboxylic acids is 1. The molecule has 3 nitrogen and oxygen atoms in total. The molecule has 6 aliphatic rings. The van der Waals surface area contributed by atoms with Crippen LogP contribution in [0.5, 0.6) is 0 Å². The number of allylic oxidation sites excluding steroid dienone is 4. The second-order valence-corrected chi connectivity index (χ2v) is 18.2. The third-order valence-electron chi connectivity index (χ3n) is 15.8. The average Bonchev–Trinajstić information content (AvgIpc) is 3.48. The van der Waals surface area contributed by atoms with Gasteiger partial charge < -0.3 is 10.1 Å². The van der Waals surface area contributed by atoms with Crippen LogP contribution >= 0.6 is 11.6 Å². The molecule has 0 spiro atoms. The molecule has 0 aliphatic heterocycles. The van der Waals surface area contributed by atoms with Crippen LogP contribution in [-0.4, -0.2) is 23.9 Å². The van der Waals surface area contributed by atoms with Gasteiger partial charge in [-0.2, -0.15) is 0 Å². The number of benzene rings is 1. The van der Waals surface area contributed by atoms with Gasteiger partial charge in [-0.25, -0.2) is 0 Å². The molecule has 0 heterocycles. The molecule has 0 bridgehead atoms. The Morgan fingerprint density at radius 2 is 1.67 bits per heavy atom. The zero-order valence-electron chi connectivity index (χ0n) is 29.4. The van der Waals surface area contributed by atoms with E-state index in [9.17, 15) is 4.79 Å². The van der Waals surface area contributed by atoms with E-state index in [-0.39, 0.29) is 17.3 Å². The first-order valence-corrected chi connectivity index (χ1v) is 19.4. The van der Waals surface area contributed by atoms with Gasteiger partial charge in [-0.1, -0.05) is 83.5 Å². The van der Waals surface area contributed by atoms with Crippen LogP contribution in [0.15, 0.2) is 53.6 Å². The fraction of sp³-hybridized carbons (Fsp3) is 0.738. The van der Waals surface area contributed by atoms with Crippen LogP contribution in [0.4, 0.5) is 0 Å². The fourth-order valence-electron chi connectivity index (χ4n) is 13.5. The van der Waals surface area contributed by atoms with Crippen LogP contribution in [0.3, 0.4) is 0 Å². The Bertz CT molecular complexity index is 1370. The van der Waals surface area contributed by atoms with E-state index in [2.05, 4.69) is 52.1 Å². The van der Waals surface area contributed by atoms with Gasteiger partial charge in [0.1, 0.15) is 6.61 Å². The topological polar surface area (TPSA) is 38.3 Å². The molecule has 0 radical (unpaired) electrons. The van der Waals surface area contributed by atoms with E-state index in [4.69, 9.17) is 16.3 Å². The third kappa shape index (κ3) is 5.02. The standard InChI is InChI=1S/C42H60ClNO2/c1-38(2)32(30-13-15-31(16-14-30)37(45)46-28-29-10-7-6-8-11-29)19-22-39(3)35(38)20-23-41(5)36(39)18-17-33-34-12-9-21-42(34,44-27-26-43)25-24-40(33,41)4/h6-8,10-11,13,19,31,33-36,44H,9,12,14-18,20-28H2,1-5H3/t31-,33+,34+,35?,36?,39-,40+,41+,42-/m0/s1. The minimum atomic E-state index is -0.0355. The van der Waals surface area contributed by atoms with Crippen molar-refractivity contribution in [2.45, 2.75) is 130 Å². The lowest BCUT2D eigenvalue weighted by Crippen LogP contribution is -2.67. The van der Waals surface area contributed by atoms with Gasteiger partial charge in [0.15, 0.2) is 0 Å². The average molecular weight is 646 g/mol. The van der Waals surface area contributed by atoms with E-state index in [1.165, 1.54) is 69.8 Å². The number of hydrogen-bond acceptors (Lipinski definition) is 3. The van der Waals surface area contributed by atoms with Gasteiger partial charge in [-0.05, 0) is 139 Å². The molecular weight excluding hydrogens is 586 g/mol. The first-order chi connectivity index (χ1) is 22.0. The minimum Gasteiger partial charge on any atom is -0.461 e. The minimum absolute atomic E-state index is 0.0180. The lowest BCUT2D eigenvalue weighted by molar-refractivity contribution is -0.218. The molecule has 1 aromatic rings. The molecule has 4 heteroatoms. The van der Waals surface area contributed by atoms with Crippen molar-refractivity contribution in [3.63, 3.8) is 0 Å². The highest BCUT2D eigenvalue weighted by Gasteiger charge is 2.69. The van der Waals surface area contributed by atoms with Crippen LogP contribution in [-0.2, 0) is 16.1 Å². The monoisotopic (exact) mass is 645 g/mol. The number of nitrogens with one attached hydrogen (secondary N) is 1. The van der Waals surface area contributed by atoms with Crippen molar-refractivity contribution < 1.29 is 9.53 Å². The maximum atomic E-state index is 13.0. The predicted octanol–water partition coefficient (Wildman–Crippen LogP) is 10.4. The van der Waals surface area contributed by atoms with Gasteiger partial charge >= 0.3 is 5.97 Å². The molecule has 1 aromatic carbocycles. The number of fused-ring (bicyclic) bond motifs is 7. The number of alkyl halides is 1. The summed E-state index contributed by atoms with van der Waals surface area (Å²) < 4.78 is 5.73. The van der Waals surface area contributed by atoms with Crippen molar-refractivity contribution in [1.82, 2.24) is 5.32 Å². The van der Waals surface area contributed by atoms with Crippen molar-refractivity contribution in [2.24, 2.45) is 51.2 Å². The normalized spacial score (nSPS) is 42.9. The smallest absolute Gasteiger partial charge is 0.309 e. The maximum absolute atomic E-state index is 13.0. The van der Waals surface area contributed by atoms with Gasteiger partial charge in [0.25, 0.3) is 0 Å². The Balaban J connectivity index is 1.08. The third-order valence-corrected chi connectivity index (χ3v) is 16.0. The molecule has 2 unspecified atom stereocenters. The van der Waals surface area contributed by atoms with Crippen LogP contribution in [0.25, 0.3) is 0 Å². The number of esters is 1. The largest absolute Gasteiger partial charge is 0.461 e. The molecular formula is C42H60ClNO2. The summed E-state index contributed by atoms with van der Waals surface area (Å²) in [6, 6.07) is 10.0. The van der Waals surface area contributed by atoms with E-state index in [0.717, 1.165) is 55.0 Å². The SMILES string of the molecule is CC1(C)C(C2=CC[C@H](C(=O)OCc3ccccc3)CC2)=CC[C@@]2(C)C1CC[C@]1(C)C2CC[C@@H]2[C@H]3CCC[C@]3(NCCCl)CC[C@]21C. The quantitative estimate of drug-likeness (QED) is 0.237. The summed E-state index contributed by atoms with van der Waals surface area (Å²) in [5, 5.41) is 4.03. The Labute approximate surface area is 284 Å². The second-order valence-electron chi connectivity index (χ2n) is 17.8. The van der Waals surface area contributed by atoms with Gasteiger partial charge in [-0.15, -0.1) is 11.6 Å². The molecule has 0 amide bonds. The molecule has 0 aromatic heterocycles. The maximum Gasteiger partial charge on any atom is 0.309 e. The van der Waals surface area contributed by atoms with E-state index >= 15 is 0 Å². The van der Waals surface area contributed by atoms with Crippen LogP contribution < -0.4 is 5.32 Å². The fourth-order valence-corrected chi connectivity index (χ4v) is 13.6. The summed E-state index contributed by atoms with van der Waals surface area (Å²) in [5.74, 6) is 3.82. The van der Waals surface area contributed by atoms with Gasteiger partial charge in [0, 0.05) is 18.0 Å². The predicted molar refractivity (Wildman–Crippen MR) is 189 cm³/mol. The summed E-state index contributed by atoms with van der Waals surface area (Å²) in [7, 11) is 0. The lowest BCUT2D eigenvalue weighted by Gasteiger charge is -2.72. The Morgan fingerprint density at radius 1 is 0.870 bits per heavy atom. The first kappa shape index (κ1) is 32.9. The molecule has 9 atom stereocenters. The Morgan fingerprint density at radius 3 is 2.41 bits per heavy atom. The number of carbonyl (C=O) groups is 1. The van der Waals surface area contributed by atoms with E-state index in [1.807, 2.05) is 30.3 Å². The molecule has 46 heavy (non-hydrogen) atoms. The first-order valence-electron chi connectivity index (χ1n) is 18.9. The highest BCUT2D eigenvalue weighted by atomic mass is 35.5. The van der Waals surface area contributed by atoms with E-state index in [1.54, 1.807) is 5.57 Å². The van der Waals surface area contributed by atoms with E-state index < -0.39 is 0 Å². The summed E-state index contributed by atoms with van der Waals surface area (Å²) in [4.78, 5) is 13.0. The van der Waals surface area contributed by atoms with Crippen molar-refractivity contribution in [1.29, 1.82) is 0 Å². The number of rotatable bonds is 7. The van der Waals surface area contributed by atoms with Crippen molar-refractivity contribution in [3.05, 3.63) is 59.2 Å². The van der Waals surface area contributed by atoms with Gasteiger partial charge in [0.05, 0.1) is 5.92 Å². The molecule has 7 rings (SSSR count). The van der Waals surface area contributed by atoms with Crippen molar-refractivity contribution in [3.8, 4) is 0 Å². The zero-order chi connectivity index (χ0) is 32.4. The molecule has 252 valence electrons. The molecule has 1 N–H and O–H groups in total. The van der Waals surface area contributed by atoms with Crippen LogP contribution in [0, 0.1) is 51.2 Å². The molecule has 6 aliphatic carbocycles. The van der Waals surface area contributed by atoms with E-state index in [0.29, 0.717) is 34.3 Å². The summed E-state index contributed by atoms with van der Waals surface area (Å²) in [6.45, 7) is 14.7. The number of ether oxygens (including phenoxy) is 1. The van der Waals surface area contributed by atoms with Crippen molar-refractivity contribution >= 4 is 17.6 Å². The van der Waals surface area contributed by atoms with Gasteiger partial charge in [-0.3, -0.25) is 4.79 Å². The van der Waals surface area contributed by atoms with Crippen molar-refractivity contribution in [2.75, 3.05) is 12.4 Å². The molecule has 0 saturated heterocycles. The highest BCUT2D eigenvalue weighted by Crippen LogP contribution is 2.76. The Hall–Kier alpha value is -1.58. The lowest BCUT2D eigenvalue weighted by atomic mass is 9.33. The summed E-state index contributed by atoms with van der Waals surface area (Å²) in [6.07, 6.45) is 21.4. The van der Waals surface area contributed by atoms with Gasteiger partial charge in [0.2, 0.25) is 0 Å². The number of hydrogen-bond donors (Lipinski definition) is 1. The zero-order valence-corrected chi connectivity index (χ0v) is 30.2. The Kier molecular flexibility index (Phi) is 8.65. The van der Waals surface area contributed by atoms with Crippen LogP contribution in [0.2, 0.25) is 0 Å². The second kappa shape index (κ2) is 12.1. The van der Waals surface area contributed by atoms with Crippen LogP contribution in [0.1, 0.15) is 124 Å². The summed E-state index contributed by atoms with van der Waals surface area (Å²) in [5.41, 5.74) is 5.83. The summed E-state index contributed by atoms with van der Waals surface area (Å²) >= 11 is 6.21. The number of halogens is 1. The highest BCUT2D eigenvalue weighted by molar-refractivity contribution is 6.18.